The smallest absolute Gasteiger partial charge is 0.240 e. The Morgan fingerprint density at radius 1 is 1.00 bits per heavy atom. The van der Waals surface area contributed by atoms with E-state index in [1.807, 2.05) is 13.8 Å². The van der Waals surface area contributed by atoms with Crippen molar-refractivity contribution in [2.75, 3.05) is 26.1 Å². The van der Waals surface area contributed by atoms with Gasteiger partial charge < -0.3 is 14.8 Å². The van der Waals surface area contributed by atoms with Gasteiger partial charge in [0, 0.05) is 36.9 Å². The van der Waals surface area contributed by atoms with Crippen molar-refractivity contribution in [1.29, 1.82) is 0 Å². The maximum atomic E-state index is 12.3. The van der Waals surface area contributed by atoms with Crippen molar-refractivity contribution in [1.82, 2.24) is 4.72 Å². The lowest BCUT2D eigenvalue weighted by molar-refractivity contribution is -0.116. The van der Waals surface area contributed by atoms with Crippen molar-refractivity contribution in [2.24, 2.45) is 0 Å². The second kappa shape index (κ2) is 9.57. The third-order valence-electron chi connectivity index (χ3n) is 4.14. The van der Waals surface area contributed by atoms with Crippen LogP contribution in [0.3, 0.4) is 0 Å². The minimum Gasteiger partial charge on any atom is -0.497 e. The van der Waals surface area contributed by atoms with Crippen LogP contribution in [-0.2, 0) is 14.8 Å². The van der Waals surface area contributed by atoms with Crippen molar-refractivity contribution in [3.8, 4) is 11.5 Å². The lowest BCUT2D eigenvalue weighted by Gasteiger charge is -2.11. The number of methoxy groups -OCH3 is 2. The molecule has 0 aliphatic carbocycles. The monoisotopic (exact) mass is 406 g/mol. The molecule has 0 unspecified atom stereocenters. The SMILES string of the molecule is COc1cc(NC(=O)CCNS(=O)(=O)c2ccc(C(C)C)cc2)cc(OC)c1. The van der Waals surface area contributed by atoms with Crippen LogP contribution in [0, 0.1) is 0 Å². The van der Waals surface area contributed by atoms with E-state index in [2.05, 4.69) is 10.0 Å². The van der Waals surface area contributed by atoms with Crippen LogP contribution in [0.25, 0.3) is 0 Å². The number of hydrogen-bond acceptors (Lipinski definition) is 5. The van der Waals surface area contributed by atoms with E-state index in [0.29, 0.717) is 23.1 Å². The predicted molar refractivity (Wildman–Crippen MR) is 109 cm³/mol. The molecular weight excluding hydrogens is 380 g/mol. The number of rotatable bonds is 9. The number of nitrogens with one attached hydrogen (secondary N) is 2. The van der Waals surface area contributed by atoms with Gasteiger partial charge in [-0.1, -0.05) is 26.0 Å². The first kappa shape index (κ1) is 21.7. The molecule has 2 N–H and O–H groups in total. The van der Waals surface area contributed by atoms with Crippen LogP contribution in [0.15, 0.2) is 47.4 Å². The summed E-state index contributed by atoms with van der Waals surface area (Å²) in [6.07, 6.45) is -0.0111. The number of hydrogen-bond donors (Lipinski definition) is 2. The van der Waals surface area contributed by atoms with Crippen LogP contribution in [0.4, 0.5) is 5.69 Å². The number of carbonyl (C=O) groups excluding carboxylic acids is 1. The second-order valence-corrected chi connectivity index (χ2v) is 8.29. The summed E-state index contributed by atoms with van der Waals surface area (Å²) in [5, 5.41) is 2.70. The Hall–Kier alpha value is -2.58. The molecule has 2 aromatic rings. The average molecular weight is 407 g/mol. The van der Waals surface area contributed by atoms with Gasteiger partial charge in [-0.25, -0.2) is 13.1 Å². The van der Waals surface area contributed by atoms with E-state index in [0.717, 1.165) is 5.56 Å². The van der Waals surface area contributed by atoms with Gasteiger partial charge in [0.05, 0.1) is 19.1 Å². The van der Waals surface area contributed by atoms with Gasteiger partial charge in [-0.15, -0.1) is 0 Å². The molecule has 0 saturated heterocycles. The predicted octanol–water partition coefficient (Wildman–Crippen LogP) is 3.13. The lowest BCUT2D eigenvalue weighted by atomic mass is 10.0. The van der Waals surface area contributed by atoms with Gasteiger partial charge in [0.15, 0.2) is 0 Å². The summed E-state index contributed by atoms with van der Waals surface area (Å²) < 4.78 is 37.4. The Morgan fingerprint density at radius 3 is 2.07 bits per heavy atom. The molecular formula is C20H26N2O5S. The Bertz CT molecular complexity index is 886. The van der Waals surface area contributed by atoms with Gasteiger partial charge in [-0.3, -0.25) is 4.79 Å². The summed E-state index contributed by atoms with van der Waals surface area (Å²) in [6.45, 7) is 4.07. The van der Waals surface area contributed by atoms with Gasteiger partial charge in [-0.05, 0) is 23.6 Å². The van der Waals surface area contributed by atoms with Gasteiger partial charge in [0.1, 0.15) is 11.5 Å². The first-order chi connectivity index (χ1) is 13.2. The molecule has 0 aliphatic rings. The van der Waals surface area contributed by atoms with E-state index in [1.165, 1.54) is 14.2 Å². The van der Waals surface area contributed by atoms with E-state index < -0.39 is 10.0 Å². The summed E-state index contributed by atoms with van der Waals surface area (Å²) in [7, 11) is -0.629. The third-order valence-corrected chi connectivity index (χ3v) is 5.61. The molecule has 0 atom stereocenters. The molecule has 0 radical (unpaired) electrons. The van der Waals surface area contributed by atoms with Crippen molar-refractivity contribution in [3.63, 3.8) is 0 Å². The van der Waals surface area contributed by atoms with E-state index in [4.69, 9.17) is 9.47 Å². The Balaban J connectivity index is 1.92. The highest BCUT2D eigenvalue weighted by atomic mass is 32.2. The highest BCUT2D eigenvalue weighted by Gasteiger charge is 2.15. The highest BCUT2D eigenvalue weighted by molar-refractivity contribution is 7.89. The molecule has 0 fully saturated rings. The van der Waals surface area contributed by atoms with Crippen LogP contribution in [0.2, 0.25) is 0 Å². The lowest BCUT2D eigenvalue weighted by Crippen LogP contribution is -2.27. The van der Waals surface area contributed by atoms with E-state index in [1.54, 1.807) is 42.5 Å². The van der Waals surface area contributed by atoms with Crippen molar-refractivity contribution in [2.45, 2.75) is 31.1 Å². The van der Waals surface area contributed by atoms with Crippen LogP contribution >= 0.6 is 0 Å². The average Bonchev–Trinajstić information content (AvgIpc) is 2.67. The minimum atomic E-state index is -3.66. The van der Waals surface area contributed by atoms with Gasteiger partial charge in [-0.2, -0.15) is 0 Å². The molecule has 0 aliphatic heterocycles. The summed E-state index contributed by atoms with van der Waals surface area (Å²) >= 11 is 0. The van der Waals surface area contributed by atoms with Crippen molar-refractivity contribution < 1.29 is 22.7 Å². The molecule has 152 valence electrons. The highest BCUT2D eigenvalue weighted by Crippen LogP contribution is 2.25. The fourth-order valence-electron chi connectivity index (χ4n) is 2.52. The maximum absolute atomic E-state index is 12.3. The van der Waals surface area contributed by atoms with Crippen LogP contribution in [0.1, 0.15) is 31.7 Å². The Morgan fingerprint density at radius 2 is 1.57 bits per heavy atom. The van der Waals surface area contributed by atoms with Gasteiger partial charge in [0.2, 0.25) is 15.9 Å². The molecule has 0 saturated carbocycles. The maximum Gasteiger partial charge on any atom is 0.240 e. The molecule has 0 aromatic heterocycles. The molecule has 0 spiro atoms. The molecule has 0 bridgehead atoms. The van der Waals surface area contributed by atoms with Crippen molar-refractivity contribution >= 4 is 21.6 Å². The van der Waals surface area contributed by atoms with E-state index in [-0.39, 0.29) is 23.8 Å². The summed E-state index contributed by atoms with van der Waals surface area (Å²) in [4.78, 5) is 12.3. The summed E-state index contributed by atoms with van der Waals surface area (Å²) in [6, 6.07) is 11.7. The Kier molecular flexibility index (Phi) is 7.42. The molecule has 2 aromatic carbocycles. The zero-order valence-electron chi connectivity index (χ0n) is 16.5. The second-order valence-electron chi connectivity index (χ2n) is 6.52. The van der Waals surface area contributed by atoms with Crippen LogP contribution in [-0.4, -0.2) is 35.1 Å². The topological polar surface area (TPSA) is 93.7 Å². The first-order valence-corrected chi connectivity index (χ1v) is 10.4. The van der Waals surface area contributed by atoms with Gasteiger partial charge >= 0.3 is 0 Å². The van der Waals surface area contributed by atoms with Crippen LogP contribution in [0.5, 0.6) is 11.5 Å². The number of ether oxygens (including phenoxy) is 2. The fourth-order valence-corrected chi connectivity index (χ4v) is 3.55. The standard InChI is InChI=1S/C20H26N2O5S/c1-14(2)15-5-7-19(8-6-15)28(24,25)21-10-9-20(23)22-16-11-17(26-3)13-18(12-16)27-4/h5-8,11-14,21H,9-10H2,1-4H3,(H,22,23). The third kappa shape index (κ3) is 5.97. The fraction of sp³-hybridized carbons (Fsp3) is 0.350. The Labute approximate surface area is 166 Å². The number of carbonyl (C=O) groups is 1. The number of sulfonamides is 1. The summed E-state index contributed by atoms with van der Waals surface area (Å²) in [5.41, 5.74) is 1.57. The molecule has 2 rings (SSSR count). The number of benzene rings is 2. The van der Waals surface area contributed by atoms with Crippen molar-refractivity contribution in [3.05, 3.63) is 48.0 Å². The molecule has 1 amide bonds. The van der Waals surface area contributed by atoms with Crippen LogP contribution < -0.4 is 19.5 Å². The minimum absolute atomic E-state index is 0.0111. The molecule has 28 heavy (non-hydrogen) atoms. The zero-order valence-corrected chi connectivity index (χ0v) is 17.3. The summed E-state index contributed by atoms with van der Waals surface area (Å²) in [5.74, 6) is 1.08. The quantitative estimate of drug-likeness (QED) is 0.667. The molecule has 8 heteroatoms. The molecule has 0 heterocycles. The number of anilines is 1. The van der Waals surface area contributed by atoms with Gasteiger partial charge in [0.25, 0.3) is 0 Å². The normalized spacial score (nSPS) is 11.3. The largest absolute Gasteiger partial charge is 0.497 e. The van der Waals surface area contributed by atoms with E-state index >= 15 is 0 Å². The first-order valence-electron chi connectivity index (χ1n) is 8.87. The van der Waals surface area contributed by atoms with E-state index in [9.17, 15) is 13.2 Å². The zero-order chi connectivity index (χ0) is 20.7. The number of amides is 1. The molecule has 7 nitrogen and oxygen atoms in total.